The molecular formula is C6H16NP. The number of nitrogens with two attached hydrogens (primary N) is 1. The number of hydrogen-bond acceptors (Lipinski definition) is 1. The van der Waals surface area contributed by atoms with Gasteiger partial charge in [0.2, 0.25) is 0 Å². The Morgan fingerprint density at radius 3 is 1.25 bits per heavy atom. The molecule has 0 aliphatic carbocycles. The molecule has 0 amide bonds. The van der Waals surface area contributed by atoms with Crippen molar-refractivity contribution >= 4 is 9.24 Å². The molecule has 0 aliphatic rings. The van der Waals surface area contributed by atoms with Gasteiger partial charge in [-0.25, -0.2) is 0 Å². The normalized spacial score (nSPS) is 14.2. The van der Waals surface area contributed by atoms with Crippen molar-refractivity contribution in [3.8, 4) is 0 Å². The molecular weight excluding hydrogens is 117 g/mol. The fraction of sp³-hybridized carbons (Fsp3) is 1.00. The van der Waals surface area contributed by atoms with Crippen LogP contribution in [0.3, 0.4) is 0 Å². The third-order valence-corrected chi connectivity index (χ3v) is 2.40. The summed E-state index contributed by atoms with van der Waals surface area (Å²) < 4.78 is 0. The smallest absolute Gasteiger partial charge is 0.0183 e. The van der Waals surface area contributed by atoms with Crippen molar-refractivity contribution in [2.45, 2.75) is 38.4 Å². The molecule has 0 heterocycles. The van der Waals surface area contributed by atoms with E-state index in [4.69, 9.17) is 5.73 Å². The third-order valence-electron chi connectivity index (χ3n) is 1.66. The largest absolute Gasteiger partial charge is 0.325 e. The predicted molar refractivity (Wildman–Crippen MR) is 42.1 cm³/mol. The first-order chi connectivity index (χ1) is 3.25. The van der Waals surface area contributed by atoms with Crippen LogP contribution in [0.4, 0.5) is 0 Å². The summed E-state index contributed by atoms with van der Waals surface area (Å²) in [7, 11) is 2.74. The van der Waals surface area contributed by atoms with Gasteiger partial charge in [-0.1, -0.05) is 13.8 Å². The van der Waals surface area contributed by atoms with Crippen LogP contribution in [0.1, 0.15) is 27.7 Å². The zero-order valence-electron chi connectivity index (χ0n) is 6.15. The first kappa shape index (κ1) is 8.39. The first-order valence-electron chi connectivity index (χ1n) is 2.83. The maximum Gasteiger partial charge on any atom is 0.0183 e. The van der Waals surface area contributed by atoms with E-state index in [-0.39, 0.29) is 10.7 Å². The van der Waals surface area contributed by atoms with Gasteiger partial charge >= 0.3 is 0 Å². The van der Waals surface area contributed by atoms with E-state index < -0.39 is 0 Å². The van der Waals surface area contributed by atoms with Crippen LogP contribution >= 0.6 is 9.24 Å². The lowest BCUT2D eigenvalue weighted by molar-refractivity contribution is 0.411. The Kier molecular flexibility index (Phi) is 2.06. The van der Waals surface area contributed by atoms with E-state index in [1.54, 1.807) is 0 Å². The van der Waals surface area contributed by atoms with Crippen LogP contribution in [0.25, 0.3) is 0 Å². The maximum atomic E-state index is 5.79. The van der Waals surface area contributed by atoms with Crippen molar-refractivity contribution in [2.24, 2.45) is 5.73 Å². The minimum atomic E-state index is -0.0995. The summed E-state index contributed by atoms with van der Waals surface area (Å²) in [4.78, 5) is 0. The van der Waals surface area contributed by atoms with Gasteiger partial charge in [-0.05, 0) is 19.0 Å². The van der Waals surface area contributed by atoms with Crippen molar-refractivity contribution in [1.82, 2.24) is 0 Å². The van der Waals surface area contributed by atoms with Crippen molar-refractivity contribution in [2.75, 3.05) is 0 Å². The van der Waals surface area contributed by atoms with Gasteiger partial charge in [0.05, 0.1) is 0 Å². The minimum absolute atomic E-state index is 0.0995. The Labute approximate surface area is 54.2 Å². The Hall–Kier alpha value is 0.390. The molecule has 0 saturated heterocycles. The summed E-state index contributed by atoms with van der Waals surface area (Å²) in [6, 6.07) is 0. The number of rotatable bonds is 1. The Bertz CT molecular complexity index is 63.5. The van der Waals surface area contributed by atoms with Gasteiger partial charge in [0.1, 0.15) is 0 Å². The molecule has 2 heteroatoms. The van der Waals surface area contributed by atoms with E-state index in [0.717, 1.165) is 0 Å². The van der Waals surface area contributed by atoms with Crippen LogP contribution in [0, 0.1) is 0 Å². The van der Waals surface area contributed by atoms with Crippen molar-refractivity contribution in [1.29, 1.82) is 0 Å². The molecule has 1 nitrogen and oxygen atoms in total. The van der Waals surface area contributed by atoms with E-state index in [1.165, 1.54) is 0 Å². The molecule has 0 rings (SSSR count). The lowest BCUT2D eigenvalue weighted by Gasteiger charge is -2.34. The minimum Gasteiger partial charge on any atom is -0.325 e. The zero-order valence-corrected chi connectivity index (χ0v) is 7.31. The van der Waals surface area contributed by atoms with E-state index in [1.807, 2.05) is 13.8 Å². The van der Waals surface area contributed by atoms with Crippen molar-refractivity contribution in [3.05, 3.63) is 0 Å². The first-order valence-corrected chi connectivity index (χ1v) is 3.40. The van der Waals surface area contributed by atoms with E-state index in [2.05, 4.69) is 23.1 Å². The molecule has 0 spiro atoms. The molecule has 0 aliphatic heterocycles. The molecule has 8 heavy (non-hydrogen) atoms. The van der Waals surface area contributed by atoms with Crippen molar-refractivity contribution in [3.63, 3.8) is 0 Å². The van der Waals surface area contributed by atoms with Gasteiger partial charge < -0.3 is 5.73 Å². The second-order valence-electron chi connectivity index (χ2n) is 3.44. The highest BCUT2D eigenvalue weighted by molar-refractivity contribution is 7.19. The van der Waals surface area contributed by atoms with Crippen LogP contribution in [0.5, 0.6) is 0 Å². The highest BCUT2D eigenvalue weighted by atomic mass is 31.0. The predicted octanol–water partition coefficient (Wildman–Crippen LogP) is 1.38. The molecule has 1 unspecified atom stereocenters. The molecule has 0 fully saturated rings. The van der Waals surface area contributed by atoms with Crippen LogP contribution in [0.15, 0.2) is 0 Å². The van der Waals surface area contributed by atoms with E-state index >= 15 is 0 Å². The third kappa shape index (κ3) is 2.11. The average Bonchev–Trinajstić information content (AvgIpc) is 1.25. The Balaban J connectivity index is 4.02. The van der Waals surface area contributed by atoms with Gasteiger partial charge in [0.15, 0.2) is 0 Å². The fourth-order valence-corrected chi connectivity index (χ4v) is 0. The molecule has 0 aromatic carbocycles. The quantitative estimate of drug-likeness (QED) is 0.537. The van der Waals surface area contributed by atoms with Crippen molar-refractivity contribution < 1.29 is 0 Å². The molecule has 0 bridgehead atoms. The number of hydrogen-bond donors (Lipinski definition) is 1. The zero-order chi connectivity index (χ0) is 7.00. The summed E-state index contributed by atoms with van der Waals surface area (Å²) >= 11 is 0. The molecule has 50 valence electrons. The fourth-order valence-electron chi connectivity index (χ4n) is 0. The van der Waals surface area contributed by atoms with Gasteiger partial charge in [-0.3, -0.25) is 0 Å². The molecule has 2 N–H and O–H groups in total. The molecule has 0 saturated carbocycles. The van der Waals surface area contributed by atoms with Crippen LogP contribution in [0.2, 0.25) is 0 Å². The lowest BCUT2D eigenvalue weighted by Crippen LogP contribution is -2.48. The van der Waals surface area contributed by atoms with Gasteiger partial charge in [-0.2, -0.15) is 0 Å². The van der Waals surface area contributed by atoms with Crippen LogP contribution in [-0.4, -0.2) is 10.7 Å². The summed E-state index contributed by atoms with van der Waals surface area (Å²) in [5.41, 5.74) is 5.69. The lowest BCUT2D eigenvalue weighted by atomic mass is 9.91. The van der Waals surface area contributed by atoms with E-state index in [0.29, 0.717) is 0 Å². The van der Waals surface area contributed by atoms with E-state index in [9.17, 15) is 0 Å². The Morgan fingerprint density at radius 2 is 1.25 bits per heavy atom. The summed E-state index contributed by atoms with van der Waals surface area (Å²) in [6.07, 6.45) is 0. The highest BCUT2D eigenvalue weighted by Gasteiger charge is 2.27. The topological polar surface area (TPSA) is 26.0 Å². The molecule has 0 aromatic heterocycles. The summed E-state index contributed by atoms with van der Waals surface area (Å²) in [6.45, 7) is 8.27. The standard InChI is InChI=1S/C6H16NP/c1-5(2,7)6(3,4)8/h7-8H2,1-4H3. The summed E-state index contributed by atoms with van der Waals surface area (Å²) in [5.74, 6) is 0. The SMILES string of the molecule is CC(C)(N)C(C)(C)P. The van der Waals surface area contributed by atoms with Gasteiger partial charge in [0, 0.05) is 5.54 Å². The second kappa shape index (κ2) is 1.97. The highest BCUT2D eigenvalue weighted by Crippen LogP contribution is 2.27. The molecule has 0 radical (unpaired) electrons. The van der Waals surface area contributed by atoms with Gasteiger partial charge in [-0.15, -0.1) is 9.24 Å². The maximum absolute atomic E-state index is 5.79. The monoisotopic (exact) mass is 133 g/mol. The van der Waals surface area contributed by atoms with Crippen LogP contribution < -0.4 is 5.73 Å². The molecule has 0 aromatic rings. The summed E-state index contributed by atoms with van der Waals surface area (Å²) in [5, 5.41) is 0.132. The molecule has 1 atom stereocenters. The van der Waals surface area contributed by atoms with Gasteiger partial charge in [0.25, 0.3) is 0 Å². The van der Waals surface area contributed by atoms with Crippen LogP contribution in [-0.2, 0) is 0 Å². The average molecular weight is 133 g/mol. The second-order valence-corrected chi connectivity index (χ2v) is 4.89. The Morgan fingerprint density at radius 1 is 1.12 bits per heavy atom.